The fourth-order valence-electron chi connectivity index (χ4n) is 2.50. The van der Waals surface area contributed by atoms with Crippen LogP contribution < -0.4 is 5.32 Å². The number of aliphatic carboxylic acids is 1. The third-order valence-corrected chi connectivity index (χ3v) is 3.77. The minimum Gasteiger partial charge on any atom is -0.480 e. The van der Waals surface area contributed by atoms with Crippen LogP contribution in [0, 0.1) is 0 Å². The zero-order chi connectivity index (χ0) is 19.9. The van der Waals surface area contributed by atoms with Gasteiger partial charge in [-0.3, -0.25) is 4.79 Å². The van der Waals surface area contributed by atoms with Gasteiger partial charge in [0.25, 0.3) is 5.91 Å². The number of alkyl halides is 6. The summed E-state index contributed by atoms with van der Waals surface area (Å²) in [5, 5.41) is 9.76. The Kier molecular flexibility index (Phi) is 4.64. The highest BCUT2D eigenvalue weighted by molar-refractivity contribution is 6.10. The van der Waals surface area contributed by atoms with E-state index in [-0.39, 0.29) is 5.56 Å². The number of nitrogens with one attached hydrogen (secondary N) is 1. The largest absolute Gasteiger partial charge is 0.480 e. The summed E-state index contributed by atoms with van der Waals surface area (Å²) in [6.07, 6.45) is -13.1. The van der Waals surface area contributed by atoms with Gasteiger partial charge in [0, 0.05) is 6.42 Å². The van der Waals surface area contributed by atoms with Gasteiger partial charge in [0.2, 0.25) is 0 Å². The topological polar surface area (TPSA) is 86.7 Å². The van der Waals surface area contributed by atoms with Crippen LogP contribution in [0.1, 0.15) is 5.56 Å². The van der Waals surface area contributed by atoms with Crippen LogP contribution in [0.25, 0.3) is 0 Å². The van der Waals surface area contributed by atoms with Crippen molar-refractivity contribution in [3.05, 3.63) is 35.9 Å². The maximum Gasteiger partial charge on any atom is 0.429 e. The third kappa shape index (κ3) is 2.95. The van der Waals surface area contributed by atoms with Crippen LogP contribution >= 0.6 is 0 Å². The van der Waals surface area contributed by atoms with E-state index in [1.165, 1.54) is 30.3 Å². The van der Waals surface area contributed by atoms with Crippen molar-refractivity contribution >= 4 is 17.9 Å². The minimum absolute atomic E-state index is 0.192. The Morgan fingerprint density at radius 3 is 1.96 bits per heavy atom. The Morgan fingerprint density at radius 1 is 1.08 bits per heavy atom. The smallest absolute Gasteiger partial charge is 0.429 e. The molecule has 0 bridgehead atoms. The first kappa shape index (κ1) is 19.5. The molecular weight excluding hydrogens is 374 g/mol. The van der Waals surface area contributed by atoms with E-state index in [2.05, 4.69) is 0 Å². The Hall–Kier alpha value is -2.79. The van der Waals surface area contributed by atoms with Gasteiger partial charge >= 0.3 is 29.9 Å². The molecule has 1 aliphatic rings. The number of carboxylic acids is 1. The Morgan fingerprint density at radius 2 is 1.58 bits per heavy atom. The zero-order valence-electron chi connectivity index (χ0n) is 12.6. The highest BCUT2D eigenvalue weighted by Crippen LogP contribution is 2.47. The predicted octanol–water partition coefficient (Wildman–Crippen LogP) is 2.10. The molecule has 0 spiro atoms. The second-order valence-corrected chi connectivity index (χ2v) is 5.39. The van der Waals surface area contributed by atoms with Crippen LogP contribution in [-0.4, -0.2) is 51.8 Å². The van der Waals surface area contributed by atoms with Crippen LogP contribution in [0.2, 0.25) is 0 Å². The molecule has 2 N–H and O–H groups in total. The summed E-state index contributed by atoms with van der Waals surface area (Å²) in [6.45, 7) is 0. The lowest BCUT2D eigenvalue weighted by molar-refractivity contribution is -0.290. The summed E-state index contributed by atoms with van der Waals surface area (Å²) in [5.41, 5.74) is -5.00. The minimum atomic E-state index is -6.22. The number of amides is 3. The molecule has 12 heteroatoms. The second kappa shape index (κ2) is 6.18. The number of carbonyl (C=O) groups is 3. The summed E-state index contributed by atoms with van der Waals surface area (Å²) in [7, 11) is 0. The van der Waals surface area contributed by atoms with Gasteiger partial charge < -0.3 is 10.4 Å². The van der Waals surface area contributed by atoms with E-state index in [1.807, 2.05) is 0 Å². The Balaban J connectivity index is 2.50. The maximum absolute atomic E-state index is 13.1. The van der Waals surface area contributed by atoms with Gasteiger partial charge in [-0.05, 0) is 5.56 Å². The van der Waals surface area contributed by atoms with Gasteiger partial charge in [0.1, 0.15) is 6.04 Å². The molecule has 1 aromatic carbocycles. The number of hydrogen-bond acceptors (Lipinski definition) is 3. The molecule has 0 saturated carbocycles. The first-order chi connectivity index (χ1) is 11.8. The molecule has 1 aliphatic heterocycles. The van der Waals surface area contributed by atoms with Crippen LogP contribution in [0.4, 0.5) is 31.1 Å². The van der Waals surface area contributed by atoms with Crippen LogP contribution in [0.5, 0.6) is 0 Å². The van der Waals surface area contributed by atoms with Crippen LogP contribution in [-0.2, 0) is 16.0 Å². The Labute approximate surface area is 141 Å². The molecule has 142 valence electrons. The lowest BCUT2D eigenvalue weighted by Gasteiger charge is -2.31. The molecule has 0 aliphatic carbocycles. The lowest BCUT2D eigenvalue weighted by atomic mass is 9.96. The lowest BCUT2D eigenvalue weighted by Crippen LogP contribution is -2.68. The molecule has 1 fully saturated rings. The first-order valence-corrected chi connectivity index (χ1v) is 6.89. The van der Waals surface area contributed by atoms with Gasteiger partial charge in [0.15, 0.2) is 0 Å². The number of benzene rings is 1. The second-order valence-electron chi connectivity index (χ2n) is 5.39. The van der Waals surface area contributed by atoms with Crippen molar-refractivity contribution in [1.82, 2.24) is 10.2 Å². The number of carbonyl (C=O) groups excluding carboxylic acids is 2. The monoisotopic (exact) mass is 384 g/mol. The molecule has 0 radical (unpaired) electrons. The van der Waals surface area contributed by atoms with Crippen molar-refractivity contribution < 1.29 is 45.8 Å². The zero-order valence-corrected chi connectivity index (χ0v) is 12.6. The standard InChI is InChI=1S/C14H10F6N2O4/c15-13(16,17)12(14(18,19)20)10(25)22(11(26)21-12)8(9(23)24)6-7-4-2-1-3-5-7/h1-5,8H,6H2,(H,21,26)(H,23,24)/t8-/m1/s1. The van der Waals surface area contributed by atoms with Crippen molar-refractivity contribution in [3.8, 4) is 0 Å². The van der Waals surface area contributed by atoms with E-state index < -0.39 is 53.2 Å². The van der Waals surface area contributed by atoms with Crippen molar-refractivity contribution in [1.29, 1.82) is 0 Å². The van der Waals surface area contributed by atoms with Gasteiger partial charge in [0.05, 0.1) is 0 Å². The van der Waals surface area contributed by atoms with Crippen molar-refractivity contribution in [2.75, 3.05) is 0 Å². The van der Waals surface area contributed by atoms with E-state index in [0.717, 1.165) is 0 Å². The molecular formula is C14H10F6N2O4. The van der Waals surface area contributed by atoms with Crippen molar-refractivity contribution in [2.24, 2.45) is 0 Å². The summed E-state index contributed by atoms with van der Waals surface area (Å²) < 4.78 is 78.4. The van der Waals surface area contributed by atoms with E-state index in [0.29, 0.717) is 5.32 Å². The van der Waals surface area contributed by atoms with E-state index >= 15 is 0 Å². The SMILES string of the molecule is O=C(O)[C@@H](Cc1ccccc1)N1C(=O)NC(C(F)(F)F)(C(F)(F)F)C1=O. The van der Waals surface area contributed by atoms with Crippen LogP contribution in [0.15, 0.2) is 30.3 Å². The molecule has 3 amide bonds. The molecule has 2 rings (SSSR count). The number of rotatable bonds is 4. The molecule has 1 atom stereocenters. The average molecular weight is 384 g/mol. The van der Waals surface area contributed by atoms with Gasteiger partial charge in [-0.25, -0.2) is 14.5 Å². The van der Waals surface area contributed by atoms with E-state index in [1.54, 1.807) is 0 Å². The summed E-state index contributed by atoms with van der Waals surface area (Å²) >= 11 is 0. The summed E-state index contributed by atoms with van der Waals surface area (Å²) in [6, 6.07) is 2.76. The number of carboxylic acid groups (broad SMARTS) is 1. The summed E-state index contributed by atoms with van der Waals surface area (Å²) in [5.74, 6) is -4.66. The number of hydrogen-bond donors (Lipinski definition) is 2. The fraction of sp³-hybridized carbons (Fsp3) is 0.357. The average Bonchev–Trinajstić information content (AvgIpc) is 2.77. The number of urea groups is 1. The number of imide groups is 1. The maximum atomic E-state index is 13.1. The number of nitrogens with zero attached hydrogens (tertiary/aromatic N) is 1. The molecule has 26 heavy (non-hydrogen) atoms. The molecule has 6 nitrogen and oxygen atoms in total. The number of halogens is 6. The van der Waals surface area contributed by atoms with Crippen molar-refractivity contribution in [3.63, 3.8) is 0 Å². The normalized spacial score (nSPS) is 18.6. The third-order valence-electron chi connectivity index (χ3n) is 3.77. The van der Waals surface area contributed by atoms with Crippen molar-refractivity contribution in [2.45, 2.75) is 30.4 Å². The molecule has 1 aromatic rings. The van der Waals surface area contributed by atoms with E-state index in [9.17, 15) is 40.7 Å². The highest BCUT2D eigenvalue weighted by Gasteiger charge is 2.81. The van der Waals surface area contributed by atoms with Gasteiger partial charge in [-0.2, -0.15) is 26.3 Å². The molecule has 1 saturated heterocycles. The fourth-order valence-corrected chi connectivity index (χ4v) is 2.50. The van der Waals surface area contributed by atoms with Crippen LogP contribution in [0.3, 0.4) is 0 Å². The highest BCUT2D eigenvalue weighted by atomic mass is 19.4. The molecule has 1 heterocycles. The first-order valence-electron chi connectivity index (χ1n) is 6.89. The van der Waals surface area contributed by atoms with Gasteiger partial charge in [-0.15, -0.1) is 0 Å². The van der Waals surface area contributed by atoms with Gasteiger partial charge in [-0.1, -0.05) is 30.3 Å². The Bertz CT molecular complexity index is 717. The summed E-state index contributed by atoms with van der Waals surface area (Å²) in [4.78, 5) is 34.6. The van der Waals surface area contributed by atoms with E-state index in [4.69, 9.17) is 5.11 Å². The predicted molar refractivity (Wildman–Crippen MR) is 71.8 cm³/mol. The molecule has 0 aromatic heterocycles. The quantitative estimate of drug-likeness (QED) is 0.615. The molecule has 0 unspecified atom stereocenters.